The molecule has 0 aromatic heterocycles. The lowest BCUT2D eigenvalue weighted by atomic mass is 10.3. The Morgan fingerprint density at radius 3 is 2.20 bits per heavy atom. The van der Waals surface area contributed by atoms with Gasteiger partial charge in [-0.25, -0.2) is 0 Å². The minimum absolute atomic E-state index is 0.984. The summed E-state index contributed by atoms with van der Waals surface area (Å²) in [5.74, 6) is 0. The zero-order valence-corrected chi connectivity index (χ0v) is 10.6. The number of rotatable bonds is 4. The van der Waals surface area contributed by atoms with Crippen molar-refractivity contribution in [3.8, 4) is 0 Å². The van der Waals surface area contributed by atoms with Crippen molar-refractivity contribution in [3.05, 3.63) is 41.8 Å². The molecule has 15 heavy (non-hydrogen) atoms. The Kier molecular flexibility index (Phi) is 9.08. The standard InChI is InChI=1S/C8H11N.C5H10S/c1-2-9-8-6-4-3-5-7-8;1-3-4-5(2)6/h3-7,9H,2H2,1H3;6H,2-4H2,1H3. The topological polar surface area (TPSA) is 12.0 Å². The third kappa shape index (κ3) is 9.42. The van der Waals surface area contributed by atoms with Crippen LogP contribution in [0.25, 0.3) is 0 Å². The van der Waals surface area contributed by atoms with Crippen LogP contribution in [0.1, 0.15) is 26.7 Å². The summed E-state index contributed by atoms with van der Waals surface area (Å²) in [6, 6.07) is 10.2. The maximum absolute atomic E-state index is 3.98. The Hall–Kier alpha value is -0.890. The lowest BCUT2D eigenvalue weighted by Gasteiger charge is -1.99. The Balaban J connectivity index is 0.000000288. The lowest BCUT2D eigenvalue weighted by Crippen LogP contribution is -1.94. The predicted octanol–water partition coefficient (Wildman–Crippen LogP) is 4.35. The van der Waals surface area contributed by atoms with Gasteiger partial charge in [0.2, 0.25) is 0 Å². The summed E-state index contributed by atoms with van der Waals surface area (Å²) in [6.45, 7) is 8.80. The van der Waals surface area contributed by atoms with Gasteiger partial charge < -0.3 is 5.32 Å². The van der Waals surface area contributed by atoms with E-state index in [1.54, 1.807) is 0 Å². The average Bonchev–Trinajstić information content (AvgIpc) is 2.20. The van der Waals surface area contributed by atoms with E-state index in [0.717, 1.165) is 24.3 Å². The molecule has 0 radical (unpaired) electrons. The fourth-order valence-corrected chi connectivity index (χ4v) is 1.27. The van der Waals surface area contributed by atoms with Crippen molar-refractivity contribution in [2.45, 2.75) is 26.7 Å². The third-order valence-electron chi connectivity index (χ3n) is 1.69. The van der Waals surface area contributed by atoms with Gasteiger partial charge in [-0.15, -0.1) is 12.6 Å². The third-order valence-corrected chi connectivity index (χ3v) is 1.92. The van der Waals surface area contributed by atoms with E-state index in [2.05, 4.69) is 50.5 Å². The molecule has 0 fully saturated rings. The van der Waals surface area contributed by atoms with Crippen LogP contribution >= 0.6 is 12.6 Å². The molecule has 0 saturated carbocycles. The number of anilines is 1. The van der Waals surface area contributed by atoms with E-state index in [1.807, 2.05) is 18.2 Å². The summed E-state index contributed by atoms with van der Waals surface area (Å²) in [4.78, 5) is 0.984. The van der Waals surface area contributed by atoms with Crippen molar-refractivity contribution in [1.82, 2.24) is 0 Å². The monoisotopic (exact) mass is 223 g/mol. The van der Waals surface area contributed by atoms with Gasteiger partial charge in [0.1, 0.15) is 0 Å². The molecule has 0 aliphatic rings. The molecule has 2 heteroatoms. The maximum Gasteiger partial charge on any atom is 0.0340 e. The molecule has 1 aromatic rings. The number of allylic oxidation sites excluding steroid dienone is 1. The van der Waals surface area contributed by atoms with E-state index < -0.39 is 0 Å². The summed E-state index contributed by atoms with van der Waals surface area (Å²) in [6.07, 6.45) is 2.20. The van der Waals surface area contributed by atoms with E-state index in [1.165, 1.54) is 5.69 Å². The zero-order chi connectivity index (χ0) is 11.5. The van der Waals surface area contributed by atoms with Crippen LogP contribution < -0.4 is 5.32 Å². The summed E-state index contributed by atoms with van der Waals surface area (Å²) >= 11 is 3.98. The van der Waals surface area contributed by atoms with E-state index in [-0.39, 0.29) is 0 Å². The van der Waals surface area contributed by atoms with Crippen LogP contribution in [0.2, 0.25) is 0 Å². The minimum atomic E-state index is 0.984. The van der Waals surface area contributed by atoms with Crippen LogP contribution in [0.3, 0.4) is 0 Å². The molecule has 84 valence electrons. The highest BCUT2D eigenvalue weighted by molar-refractivity contribution is 7.84. The summed E-state index contributed by atoms with van der Waals surface area (Å²) in [7, 11) is 0. The zero-order valence-electron chi connectivity index (χ0n) is 9.66. The van der Waals surface area contributed by atoms with Gasteiger partial charge in [-0.2, -0.15) is 0 Å². The van der Waals surface area contributed by atoms with Crippen molar-refractivity contribution in [3.63, 3.8) is 0 Å². The highest BCUT2D eigenvalue weighted by atomic mass is 32.1. The van der Waals surface area contributed by atoms with Crippen molar-refractivity contribution < 1.29 is 0 Å². The first-order valence-electron chi connectivity index (χ1n) is 5.36. The van der Waals surface area contributed by atoms with Crippen LogP contribution in [-0.4, -0.2) is 6.54 Å². The Morgan fingerprint density at radius 2 is 1.87 bits per heavy atom. The molecule has 0 unspecified atom stereocenters. The Morgan fingerprint density at radius 1 is 1.27 bits per heavy atom. The van der Waals surface area contributed by atoms with Gasteiger partial charge in [-0.05, 0) is 30.4 Å². The largest absolute Gasteiger partial charge is 0.385 e. The fourth-order valence-electron chi connectivity index (χ4n) is 1.05. The number of hydrogen-bond acceptors (Lipinski definition) is 2. The first-order chi connectivity index (χ1) is 7.20. The molecule has 1 aromatic carbocycles. The molecular formula is C13H21NS. The van der Waals surface area contributed by atoms with Crippen LogP contribution in [-0.2, 0) is 0 Å². The second-order valence-electron chi connectivity index (χ2n) is 3.21. The summed E-state index contributed by atoms with van der Waals surface area (Å²) in [5.41, 5.74) is 1.19. The van der Waals surface area contributed by atoms with Crippen LogP contribution in [0.5, 0.6) is 0 Å². The Bertz CT molecular complexity index is 256. The second-order valence-corrected chi connectivity index (χ2v) is 3.85. The molecular weight excluding hydrogens is 202 g/mol. The molecule has 1 rings (SSSR count). The first-order valence-corrected chi connectivity index (χ1v) is 5.81. The van der Waals surface area contributed by atoms with E-state index in [9.17, 15) is 0 Å². The SMILES string of the molecule is C=C(S)CCC.CCNc1ccccc1. The number of thiol groups is 1. The second kappa shape index (κ2) is 9.66. The van der Waals surface area contributed by atoms with Crippen LogP contribution in [0.4, 0.5) is 5.69 Å². The van der Waals surface area contributed by atoms with Gasteiger partial charge in [0.15, 0.2) is 0 Å². The van der Waals surface area contributed by atoms with E-state index in [0.29, 0.717) is 0 Å². The average molecular weight is 223 g/mol. The molecule has 0 saturated heterocycles. The van der Waals surface area contributed by atoms with Gasteiger partial charge in [-0.3, -0.25) is 0 Å². The predicted molar refractivity (Wildman–Crippen MR) is 73.6 cm³/mol. The molecule has 0 amide bonds. The van der Waals surface area contributed by atoms with Crippen molar-refractivity contribution in [1.29, 1.82) is 0 Å². The molecule has 0 spiro atoms. The summed E-state index contributed by atoms with van der Waals surface area (Å²) in [5, 5.41) is 3.21. The number of para-hydroxylation sites is 1. The molecule has 0 bridgehead atoms. The normalized spacial score (nSPS) is 8.73. The smallest absolute Gasteiger partial charge is 0.0340 e. The van der Waals surface area contributed by atoms with Crippen molar-refractivity contribution >= 4 is 18.3 Å². The number of hydrogen-bond donors (Lipinski definition) is 2. The quantitative estimate of drug-likeness (QED) is 0.723. The van der Waals surface area contributed by atoms with Crippen LogP contribution in [0, 0.1) is 0 Å². The number of nitrogens with one attached hydrogen (secondary N) is 1. The van der Waals surface area contributed by atoms with Crippen molar-refractivity contribution in [2.24, 2.45) is 0 Å². The number of benzene rings is 1. The van der Waals surface area contributed by atoms with Crippen LogP contribution in [0.15, 0.2) is 41.8 Å². The maximum atomic E-state index is 3.98. The molecule has 0 aliphatic carbocycles. The summed E-state index contributed by atoms with van der Waals surface area (Å²) < 4.78 is 0. The highest BCUT2D eigenvalue weighted by Gasteiger charge is 1.81. The van der Waals surface area contributed by atoms with Gasteiger partial charge in [0.05, 0.1) is 0 Å². The minimum Gasteiger partial charge on any atom is -0.385 e. The van der Waals surface area contributed by atoms with Crippen molar-refractivity contribution in [2.75, 3.05) is 11.9 Å². The molecule has 1 nitrogen and oxygen atoms in total. The molecule has 0 heterocycles. The van der Waals surface area contributed by atoms with E-state index >= 15 is 0 Å². The van der Waals surface area contributed by atoms with Gasteiger partial charge in [0, 0.05) is 12.2 Å². The molecule has 1 N–H and O–H groups in total. The Labute approximate surface area is 99.0 Å². The van der Waals surface area contributed by atoms with Gasteiger partial charge in [-0.1, -0.05) is 38.1 Å². The van der Waals surface area contributed by atoms with E-state index in [4.69, 9.17) is 0 Å². The molecule has 0 atom stereocenters. The van der Waals surface area contributed by atoms with Gasteiger partial charge >= 0.3 is 0 Å². The highest BCUT2D eigenvalue weighted by Crippen LogP contribution is 2.03. The molecule has 0 aliphatic heterocycles. The fraction of sp³-hybridized carbons (Fsp3) is 0.385. The first kappa shape index (κ1) is 14.1. The van der Waals surface area contributed by atoms with Gasteiger partial charge in [0.25, 0.3) is 0 Å². The lowest BCUT2D eigenvalue weighted by molar-refractivity contribution is 0.951.